The maximum atomic E-state index is 12.9. The van der Waals surface area contributed by atoms with Gasteiger partial charge in [0, 0.05) is 35.5 Å². The molecule has 0 bridgehead atoms. The Morgan fingerprint density at radius 3 is 3.00 bits per heavy atom. The highest BCUT2D eigenvalue weighted by Gasteiger charge is 2.20. The van der Waals surface area contributed by atoms with E-state index in [0.717, 1.165) is 71.3 Å². The van der Waals surface area contributed by atoms with Gasteiger partial charge in [0.2, 0.25) is 0 Å². The topological polar surface area (TPSA) is 69.0 Å². The van der Waals surface area contributed by atoms with E-state index in [-0.39, 0.29) is 5.91 Å². The second kappa shape index (κ2) is 7.72. The van der Waals surface area contributed by atoms with E-state index >= 15 is 0 Å². The van der Waals surface area contributed by atoms with Crippen molar-refractivity contribution in [2.75, 3.05) is 11.9 Å². The van der Waals surface area contributed by atoms with Gasteiger partial charge in [0.05, 0.1) is 18.1 Å². The number of nitrogens with zero attached hydrogens (tertiary/aromatic N) is 3. The van der Waals surface area contributed by atoms with Crippen molar-refractivity contribution in [2.45, 2.75) is 52.2 Å². The lowest BCUT2D eigenvalue weighted by molar-refractivity contribution is 0.102. The minimum atomic E-state index is -0.0651. The molecule has 4 heterocycles. The number of hydrogen-bond donors (Lipinski definition) is 1. The first-order chi connectivity index (χ1) is 14.2. The number of aryl methyl sites for hydroxylation is 2. The van der Waals surface area contributed by atoms with Gasteiger partial charge in [0.25, 0.3) is 5.91 Å². The van der Waals surface area contributed by atoms with Crippen LogP contribution in [-0.4, -0.2) is 27.3 Å². The summed E-state index contributed by atoms with van der Waals surface area (Å²) in [5, 5.41) is 12.0. The molecule has 1 aromatic carbocycles. The van der Waals surface area contributed by atoms with Crippen molar-refractivity contribution < 1.29 is 9.53 Å². The monoisotopic (exact) mass is 408 g/mol. The van der Waals surface area contributed by atoms with Gasteiger partial charge in [-0.25, -0.2) is 0 Å². The third-order valence-corrected chi connectivity index (χ3v) is 6.94. The highest BCUT2D eigenvalue weighted by Crippen LogP contribution is 2.30. The summed E-state index contributed by atoms with van der Waals surface area (Å²) >= 11 is 1.57. The van der Waals surface area contributed by atoms with Crippen molar-refractivity contribution in [3.63, 3.8) is 0 Å². The van der Waals surface area contributed by atoms with Crippen LogP contribution in [0.4, 0.5) is 5.69 Å². The number of carbonyl (C=O) groups excluding carboxylic acids is 1. The zero-order valence-corrected chi connectivity index (χ0v) is 17.3. The first-order valence-electron chi connectivity index (χ1n) is 10.2. The summed E-state index contributed by atoms with van der Waals surface area (Å²) < 4.78 is 7.73. The van der Waals surface area contributed by atoms with Crippen LogP contribution in [0.2, 0.25) is 0 Å². The fraction of sp³-hybridized carbons (Fsp3) is 0.409. The maximum Gasteiger partial charge on any atom is 0.265 e. The molecule has 5 rings (SSSR count). The van der Waals surface area contributed by atoms with E-state index in [1.54, 1.807) is 11.3 Å². The van der Waals surface area contributed by atoms with Crippen LogP contribution < -0.4 is 5.32 Å². The molecule has 0 aliphatic carbocycles. The second-order valence-electron chi connectivity index (χ2n) is 7.75. The van der Waals surface area contributed by atoms with Crippen molar-refractivity contribution >= 4 is 22.9 Å². The molecule has 0 atom stereocenters. The molecule has 1 amide bonds. The average molecular weight is 409 g/mol. The van der Waals surface area contributed by atoms with Crippen LogP contribution >= 0.6 is 11.3 Å². The van der Waals surface area contributed by atoms with Gasteiger partial charge < -0.3 is 14.6 Å². The normalized spacial score (nSPS) is 16.0. The Kier molecular flexibility index (Phi) is 4.93. The number of hydrogen-bond acceptors (Lipinski definition) is 5. The number of benzene rings is 1. The average Bonchev–Trinajstić information content (AvgIpc) is 3.27. The molecule has 2 aliphatic rings. The lowest BCUT2D eigenvalue weighted by atomic mass is 10.1. The predicted octanol–water partition coefficient (Wildman–Crippen LogP) is 4.37. The number of aromatic nitrogens is 3. The molecule has 2 aliphatic heterocycles. The molecule has 29 heavy (non-hydrogen) atoms. The van der Waals surface area contributed by atoms with Crippen LogP contribution in [0, 0.1) is 6.92 Å². The highest BCUT2D eigenvalue weighted by atomic mass is 32.1. The second-order valence-corrected chi connectivity index (χ2v) is 8.88. The zero-order chi connectivity index (χ0) is 19.8. The van der Waals surface area contributed by atoms with Gasteiger partial charge in [-0.1, -0.05) is 18.6 Å². The SMILES string of the molecule is Cc1ccc(-c2nnc3n2CCCCC3)cc1NC(=O)c1cc2c(s1)CCOC2. The quantitative estimate of drug-likeness (QED) is 0.699. The largest absolute Gasteiger partial charge is 0.376 e. The molecule has 7 heteroatoms. The summed E-state index contributed by atoms with van der Waals surface area (Å²) in [7, 11) is 0. The standard InChI is InChI=1S/C22H24N4O2S/c1-14-6-7-15(21-25-24-20-5-3-2-4-9-26(20)21)11-17(14)23-22(27)19-12-16-13-28-10-8-18(16)29-19/h6-7,11-12H,2-5,8-10,13H2,1H3,(H,23,27). The van der Waals surface area contributed by atoms with Crippen LogP contribution in [-0.2, 0) is 30.7 Å². The summed E-state index contributed by atoms with van der Waals surface area (Å²) in [6.45, 7) is 4.30. The molecular weight excluding hydrogens is 384 g/mol. The smallest absolute Gasteiger partial charge is 0.265 e. The van der Waals surface area contributed by atoms with Crippen molar-refractivity contribution in [1.29, 1.82) is 0 Å². The Labute approximate surface area is 173 Å². The lowest BCUT2D eigenvalue weighted by Crippen LogP contribution is -2.11. The van der Waals surface area contributed by atoms with E-state index in [2.05, 4.69) is 26.1 Å². The summed E-state index contributed by atoms with van der Waals surface area (Å²) in [6, 6.07) is 8.09. The van der Waals surface area contributed by atoms with E-state index in [1.165, 1.54) is 17.7 Å². The van der Waals surface area contributed by atoms with Gasteiger partial charge in [-0.05, 0) is 43.0 Å². The molecule has 0 saturated heterocycles. The van der Waals surface area contributed by atoms with Crippen LogP contribution in [0.25, 0.3) is 11.4 Å². The third-order valence-electron chi connectivity index (χ3n) is 5.70. The molecule has 6 nitrogen and oxygen atoms in total. The van der Waals surface area contributed by atoms with Crippen molar-refractivity contribution in [3.05, 3.63) is 51.0 Å². The van der Waals surface area contributed by atoms with Gasteiger partial charge in [0.1, 0.15) is 5.82 Å². The molecule has 0 radical (unpaired) electrons. The van der Waals surface area contributed by atoms with Crippen LogP contribution in [0.3, 0.4) is 0 Å². The van der Waals surface area contributed by atoms with Crippen molar-refractivity contribution in [2.24, 2.45) is 0 Å². The lowest BCUT2D eigenvalue weighted by Gasteiger charge is -2.11. The number of ether oxygens (including phenoxy) is 1. The first-order valence-corrected chi connectivity index (χ1v) is 11.0. The van der Waals surface area contributed by atoms with E-state index in [0.29, 0.717) is 6.61 Å². The molecule has 3 aromatic rings. The zero-order valence-electron chi connectivity index (χ0n) is 16.5. The summed E-state index contributed by atoms with van der Waals surface area (Å²) in [4.78, 5) is 14.9. The van der Waals surface area contributed by atoms with Crippen LogP contribution in [0.15, 0.2) is 24.3 Å². The molecule has 0 unspecified atom stereocenters. The highest BCUT2D eigenvalue weighted by molar-refractivity contribution is 7.14. The summed E-state index contributed by atoms with van der Waals surface area (Å²) in [5.41, 5.74) is 3.98. The number of nitrogens with one attached hydrogen (secondary N) is 1. The Morgan fingerprint density at radius 2 is 2.10 bits per heavy atom. The number of carbonyl (C=O) groups is 1. The number of thiophene rings is 1. The molecule has 0 saturated carbocycles. The van der Waals surface area contributed by atoms with Gasteiger partial charge in [-0.2, -0.15) is 0 Å². The van der Waals surface area contributed by atoms with Gasteiger partial charge in [-0.3, -0.25) is 4.79 Å². The maximum absolute atomic E-state index is 12.9. The molecule has 0 fully saturated rings. The minimum absolute atomic E-state index is 0.0651. The molecule has 150 valence electrons. The minimum Gasteiger partial charge on any atom is -0.376 e. The fourth-order valence-electron chi connectivity index (χ4n) is 4.04. The number of amides is 1. The Balaban J connectivity index is 1.42. The van der Waals surface area contributed by atoms with E-state index in [9.17, 15) is 4.79 Å². The fourth-order valence-corrected chi connectivity index (χ4v) is 5.08. The molecular formula is C22H24N4O2S. The van der Waals surface area contributed by atoms with Crippen LogP contribution in [0.1, 0.15) is 50.8 Å². The molecule has 2 aromatic heterocycles. The Bertz CT molecular complexity index is 1050. The predicted molar refractivity (Wildman–Crippen MR) is 113 cm³/mol. The molecule has 1 N–H and O–H groups in total. The first kappa shape index (κ1) is 18.5. The summed E-state index contributed by atoms with van der Waals surface area (Å²) in [6.07, 6.45) is 5.42. The Hall–Kier alpha value is -2.51. The van der Waals surface area contributed by atoms with E-state index in [1.807, 2.05) is 25.1 Å². The van der Waals surface area contributed by atoms with Crippen molar-refractivity contribution in [3.8, 4) is 11.4 Å². The molecule has 0 spiro atoms. The number of fused-ring (bicyclic) bond motifs is 2. The van der Waals surface area contributed by atoms with Crippen LogP contribution in [0.5, 0.6) is 0 Å². The van der Waals surface area contributed by atoms with Gasteiger partial charge >= 0.3 is 0 Å². The summed E-state index contributed by atoms with van der Waals surface area (Å²) in [5.74, 6) is 1.89. The van der Waals surface area contributed by atoms with E-state index < -0.39 is 0 Å². The van der Waals surface area contributed by atoms with Crippen molar-refractivity contribution in [1.82, 2.24) is 14.8 Å². The van der Waals surface area contributed by atoms with Gasteiger partial charge in [-0.15, -0.1) is 21.5 Å². The number of anilines is 1. The van der Waals surface area contributed by atoms with Gasteiger partial charge in [0.15, 0.2) is 5.82 Å². The third kappa shape index (κ3) is 3.60. The Morgan fingerprint density at radius 1 is 1.17 bits per heavy atom. The number of rotatable bonds is 3. The van der Waals surface area contributed by atoms with E-state index in [4.69, 9.17) is 4.74 Å².